The maximum atomic E-state index is 10.7. The highest BCUT2D eigenvalue weighted by atomic mass is 79.9. The molecule has 0 saturated carbocycles. The molecule has 0 aliphatic rings. The first-order valence-electron chi connectivity index (χ1n) is 3.82. The Labute approximate surface area is 83.3 Å². The van der Waals surface area contributed by atoms with Gasteiger partial charge in [0, 0.05) is 10.9 Å². The number of rotatable bonds is 2. The molecular weight excluding hydrogens is 232 g/mol. The van der Waals surface area contributed by atoms with Crippen molar-refractivity contribution in [2.75, 3.05) is 0 Å². The van der Waals surface area contributed by atoms with Gasteiger partial charge in [0.25, 0.3) is 0 Å². The molecule has 66 valence electrons. The van der Waals surface area contributed by atoms with Crippen LogP contribution < -0.4 is 0 Å². The maximum absolute atomic E-state index is 10.7. The van der Waals surface area contributed by atoms with Crippen molar-refractivity contribution in [3.8, 4) is 0 Å². The molecule has 3 nitrogen and oxygen atoms in total. The fourth-order valence-corrected chi connectivity index (χ4v) is 1.63. The highest BCUT2D eigenvalue weighted by Gasteiger charge is 2.04. The maximum Gasteiger partial charge on any atom is 0.152 e. The number of nitrogens with zero attached hydrogens (tertiary/aromatic N) is 1. The largest absolute Gasteiger partial charge is 0.345 e. The van der Waals surface area contributed by atoms with E-state index in [4.69, 9.17) is 0 Å². The van der Waals surface area contributed by atoms with Crippen molar-refractivity contribution in [3.05, 3.63) is 29.6 Å². The van der Waals surface area contributed by atoms with E-state index in [0.29, 0.717) is 5.56 Å². The highest BCUT2D eigenvalue weighted by molar-refractivity contribution is 9.08. The van der Waals surface area contributed by atoms with E-state index in [1.807, 2.05) is 12.1 Å². The smallest absolute Gasteiger partial charge is 0.152 e. The molecule has 0 unspecified atom stereocenters. The summed E-state index contributed by atoms with van der Waals surface area (Å²) in [5.74, 6) is 0. The first-order chi connectivity index (χ1) is 6.35. The minimum absolute atomic E-state index is 0.633. The lowest BCUT2D eigenvalue weighted by Crippen LogP contribution is -1.86. The molecule has 0 bridgehead atoms. The average molecular weight is 239 g/mol. The van der Waals surface area contributed by atoms with Gasteiger partial charge < -0.3 is 4.98 Å². The minimum atomic E-state index is 0.633. The lowest BCUT2D eigenvalue weighted by molar-refractivity contribution is 0.112. The molecular formula is C9H7BrN2O. The van der Waals surface area contributed by atoms with E-state index in [0.717, 1.165) is 28.2 Å². The Hall–Kier alpha value is -1.16. The molecule has 2 rings (SSSR count). The number of imidazole rings is 1. The SMILES string of the molecule is O=Cc1cc(CBr)cc2[nH]cnc12. The zero-order chi connectivity index (χ0) is 9.26. The van der Waals surface area contributed by atoms with Crippen LogP contribution in [0.25, 0.3) is 11.0 Å². The van der Waals surface area contributed by atoms with E-state index in [-0.39, 0.29) is 0 Å². The summed E-state index contributed by atoms with van der Waals surface area (Å²) >= 11 is 3.34. The topological polar surface area (TPSA) is 45.8 Å². The summed E-state index contributed by atoms with van der Waals surface area (Å²) in [7, 11) is 0. The first-order valence-corrected chi connectivity index (χ1v) is 4.94. The van der Waals surface area contributed by atoms with Gasteiger partial charge in [-0.05, 0) is 17.7 Å². The predicted molar refractivity (Wildman–Crippen MR) is 54.1 cm³/mol. The van der Waals surface area contributed by atoms with Crippen LogP contribution in [-0.4, -0.2) is 16.3 Å². The quantitative estimate of drug-likeness (QED) is 0.645. The number of hydrogen-bond donors (Lipinski definition) is 1. The van der Waals surface area contributed by atoms with Crippen molar-refractivity contribution < 1.29 is 4.79 Å². The van der Waals surface area contributed by atoms with Gasteiger partial charge in [0.2, 0.25) is 0 Å². The second kappa shape index (κ2) is 3.30. The zero-order valence-corrected chi connectivity index (χ0v) is 8.34. The molecule has 0 fully saturated rings. The Morgan fingerprint density at radius 1 is 1.54 bits per heavy atom. The number of halogens is 1. The molecule has 2 aromatic rings. The number of aromatic amines is 1. The summed E-state index contributed by atoms with van der Waals surface area (Å²) in [6.07, 6.45) is 2.42. The molecule has 1 N–H and O–H groups in total. The first kappa shape index (κ1) is 8.44. The van der Waals surface area contributed by atoms with Gasteiger partial charge in [-0.3, -0.25) is 4.79 Å². The molecule has 1 aromatic heterocycles. The van der Waals surface area contributed by atoms with Crippen molar-refractivity contribution in [1.29, 1.82) is 0 Å². The van der Waals surface area contributed by atoms with Crippen molar-refractivity contribution in [2.24, 2.45) is 0 Å². The Morgan fingerprint density at radius 2 is 2.38 bits per heavy atom. The fourth-order valence-electron chi connectivity index (χ4n) is 1.31. The molecule has 0 amide bonds. The van der Waals surface area contributed by atoms with Gasteiger partial charge in [-0.25, -0.2) is 4.98 Å². The average Bonchev–Trinajstić information content (AvgIpc) is 2.63. The van der Waals surface area contributed by atoms with Crippen LogP contribution in [0.5, 0.6) is 0 Å². The number of nitrogens with one attached hydrogen (secondary N) is 1. The fraction of sp³-hybridized carbons (Fsp3) is 0.111. The third-order valence-corrected chi connectivity index (χ3v) is 2.54. The Morgan fingerprint density at radius 3 is 3.08 bits per heavy atom. The lowest BCUT2D eigenvalue weighted by Gasteiger charge is -1.97. The van der Waals surface area contributed by atoms with Gasteiger partial charge in [0.15, 0.2) is 6.29 Å². The molecule has 0 saturated heterocycles. The summed E-state index contributed by atoms with van der Waals surface area (Å²) in [5.41, 5.74) is 3.34. The number of aldehydes is 1. The van der Waals surface area contributed by atoms with Crippen LogP contribution in [0.15, 0.2) is 18.5 Å². The Bertz CT molecular complexity index is 450. The van der Waals surface area contributed by atoms with Gasteiger partial charge in [0.1, 0.15) is 0 Å². The van der Waals surface area contributed by atoms with Crippen molar-refractivity contribution in [1.82, 2.24) is 9.97 Å². The summed E-state index contributed by atoms with van der Waals surface area (Å²) < 4.78 is 0. The second-order valence-corrected chi connectivity index (χ2v) is 3.30. The van der Waals surface area contributed by atoms with E-state index in [9.17, 15) is 4.79 Å². The Balaban J connectivity index is 2.77. The third-order valence-electron chi connectivity index (χ3n) is 1.89. The summed E-state index contributed by atoms with van der Waals surface area (Å²) in [4.78, 5) is 17.8. The van der Waals surface area contributed by atoms with E-state index >= 15 is 0 Å². The predicted octanol–water partition coefficient (Wildman–Crippen LogP) is 2.27. The van der Waals surface area contributed by atoms with Crippen LogP contribution in [0.1, 0.15) is 15.9 Å². The molecule has 0 spiro atoms. The third kappa shape index (κ3) is 1.37. The number of aromatic nitrogens is 2. The minimum Gasteiger partial charge on any atom is -0.345 e. The summed E-state index contributed by atoms with van der Waals surface area (Å²) in [6.45, 7) is 0. The molecule has 1 heterocycles. The zero-order valence-electron chi connectivity index (χ0n) is 6.75. The number of alkyl halides is 1. The van der Waals surface area contributed by atoms with Crippen molar-refractivity contribution >= 4 is 33.2 Å². The highest BCUT2D eigenvalue weighted by Crippen LogP contribution is 2.17. The van der Waals surface area contributed by atoms with Crippen molar-refractivity contribution in [2.45, 2.75) is 5.33 Å². The van der Waals surface area contributed by atoms with E-state index < -0.39 is 0 Å². The summed E-state index contributed by atoms with van der Waals surface area (Å²) in [5, 5.41) is 0.739. The number of benzene rings is 1. The van der Waals surface area contributed by atoms with Crippen LogP contribution in [0.3, 0.4) is 0 Å². The molecule has 0 radical (unpaired) electrons. The van der Waals surface area contributed by atoms with E-state index in [2.05, 4.69) is 25.9 Å². The molecule has 0 atom stereocenters. The van der Waals surface area contributed by atoms with E-state index in [1.54, 1.807) is 6.33 Å². The number of fused-ring (bicyclic) bond motifs is 1. The van der Waals surface area contributed by atoms with Crippen LogP contribution in [0.4, 0.5) is 0 Å². The van der Waals surface area contributed by atoms with Crippen LogP contribution in [0, 0.1) is 0 Å². The van der Waals surface area contributed by atoms with Gasteiger partial charge in [-0.1, -0.05) is 15.9 Å². The lowest BCUT2D eigenvalue weighted by atomic mass is 10.1. The van der Waals surface area contributed by atoms with Crippen molar-refractivity contribution in [3.63, 3.8) is 0 Å². The van der Waals surface area contributed by atoms with Gasteiger partial charge in [-0.15, -0.1) is 0 Å². The van der Waals surface area contributed by atoms with Gasteiger partial charge in [-0.2, -0.15) is 0 Å². The molecule has 4 heteroatoms. The van der Waals surface area contributed by atoms with E-state index in [1.165, 1.54) is 0 Å². The van der Waals surface area contributed by atoms with Crippen LogP contribution in [-0.2, 0) is 5.33 Å². The number of carbonyl (C=O) groups is 1. The van der Waals surface area contributed by atoms with Crippen LogP contribution >= 0.6 is 15.9 Å². The van der Waals surface area contributed by atoms with Gasteiger partial charge >= 0.3 is 0 Å². The normalized spacial score (nSPS) is 10.5. The van der Waals surface area contributed by atoms with Gasteiger partial charge in [0.05, 0.1) is 17.4 Å². The molecule has 13 heavy (non-hydrogen) atoms. The molecule has 0 aliphatic heterocycles. The monoisotopic (exact) mass is 238 g/mol. The van der Waals surface area contributed by atoms with Crippen LogP contribution in [0.2, 0.25) is 0 Å². The molecule has 0 aliphatic carbocycles. The number of hydrogen-bond acceptors (Lipinski definition) is 2. The number of carbonyl (C=O) groups excluding carboxylic acids is 1. The molecule has 1 aromatic carbocycles. The Kier molecular flexibility index (Phi) is 2.14. The summed E-state index contributed by atoms with van der Waals surface area (Å²) in [6, 6.07) is 3.81. The number of H-pyrrole nitrogens is 1. The standard InChI is InChI=1S/C9H7BrN2O/c10-3-6-1-7(4-13)9-8(2-6)11-5-12-9/h1-2,4-5H,3H2,(H,11,12). The second-order valence-electron chi connectivity index (χ2n) is 2.74.